The van der Waals surface area contributed by atoms with Gasteiger partial charge in [0.15, 0.2) is 0 Å². The summed E-state index contributed by atoms with van der Waals surface area (Å²) in [6.07, 6.45) is 18.2. The van der Waals surface area contributed by atoms with Crippen molar-refractivity contribution in [2.45, 2.75) is 72.6 Å². The fourth-order valence-corrected chi connectivity index (χ4v) is 15.5. The highest BCUT2D eigenvalue weighted by molar-refractivity contribution is 6.43. The van der Waals surface area contributed by atoms with Gasteiger partial charge in [0.2, 0.25) is 23.5 Å². The van der Waals surface area contributed by atoms with Gasteiger partial charge < -0.3 is 58.5 Å². The van der Waals surface area contributed by atoms with E-state index in [1.54, 1.807) is 0 Å². The Balaban J connectivity index is 0.000000131. The number of aromatic amines is 4. The molecule has 4 aliphatic rings. The topological polar surface area (TPSA) is 190 Å². The van der Waals surface area contributed by atoms with E-state index in [0.29, 0.717) is 46.8 Å². The van der Waals surface area contributed by atoms with Crippen LogP contribution in [0.3, 0.4) is 0 Å². The maximum atomic E-state index is 6.35. The number of hydrogen-bond donors (Lipinski definition) is 4. The van der Waals surface area contributed by atoms with Crippen molar-refractivity contribution in [1.29, 1.82) is 0 Å². The molecule has 4 aliphatic heterocycles. The van der Waals surface area contributed by atoms with Gasteiger partial charge >= 0.3 is 0 Å². The molecule has 23 heteroatoms. The lowest BCUT2D eigenvalue weighted by Gasteiger charge is -2.37. The van der Waals surface area contributed by atoms with Gasteiger partial charge in [-0.25, -0.2) is 4.98 Å². The summed E-state index contributed by atoms with van der Waals surface area (Å²) < 4.78 is 23.2. The first-order valence-corrected chi connectivity index (χ1v) is 41.0. The number of aromatic nitrogens is 9. The third-order valence-corrected chi connectivity index (χ3v) is 22.6. The van der Waals surface area contributed by atoms with Gasteiger partial charge in [0.25, 0.3) is 0 Å². The molecule has 0 bridgehead atoms. The normalized spacial score (nSPS) is 15.2. The molecule has 0 radical (unpaired) electrons. The number of halogens is 2. The van der Waals surface area contributed by atoms with E-state index >= 15 is 0 Å². The Bertz CT molecular complexity index is 4850. The number of fused-ring (bicyclic) bond motifs is 5. The van der Waals surface area contributed by atoms with Crippen LogP contribution in [0.1, 0.15) is 69.9 Å². The van der Waals surface area contributed by atoms with Gasteiger partial charge in [-0.2, -0.15) is 19.9 Å². The van der Waals surface area contributed by atoms with Crippen LogP contribution in [-0.2, 0) is 0 Å². The van der Waals surface area contributed by atoms with Crippen molar-refractivity contribution in [2.24, 2.45) is 0 Å². The minimum absolute atomic E-state index is 0. The molecule has 0 atom stereocenters. The molecule has 4 aromatic carbocycles. The zero-order valence-corrected chi connectivity index (χ0v) is 66.4. The lowest BCUT2D eigenvalue weighted by Crippen LogP contribution is -2.46. The van der Waals surface area contributed by atoms with Gasteiger partial charge in [-0.05, 0) is 193 Å². The summed E-state index contributed by atoms with van der Waals surface area (Å²) in [6.45, 7) is 29.0. The summed E-state index contributed by atoms with van der Waals surface area (Å²) in [5, 5.41) is 8.40. The van der Waals surface area contributed by atoms with Gasteiger partial charge in [0.05, 0.1) is 42.2 Å². The molecule has 4 fully saturated rings. The highest BCUT2D eigenvalue weighted by Gasteiger charge is 2.23. The lowest BCUT2D eigenvalue weighted by molar-refractivity contribution is 0.236. The molecule has 13 aromatic rings. The monoisotopic (exact) mass is 1560 g/mol. The summed E-state index contributed by atoms with van der Waals surface area (Å²) in [5.41, 5.74) is 10.1. The fourth-order valence-electron chi connectivity index (χ4n) is 15.1. The number of nitrogens with zero attached hydrogens (tertiary/aromatic N) is 13. The number of anilines is 4. The van der Waals surface area contributed by atoms with Crippen LogP contribution in [-0.4, -0.2) is 222 Å². The first-order chi connectivity index (χ1) is 55.2. The van der Waals surface area contributed by atoms with E-state index in [2.05, 4.69) is 171 Å². The van der Waals surface area contributed by atoms with E-state index in [1.807, 2.05) is 128 Å². The highest BCUT2D eigenvalue weighted by atomic mass is 35.5. The Morgan fingerprint density at radius 3 is 1.11 bits per heavy atom. The quantitative estimate of drug-likeness (QED) is 0.0338. The minimum atomic E-state index is 0. The predicted octanol–water partition coefficient (Wildman–Crippen LogP) is 17.3. The van der Waals surface area contributed by atoms with E-state index < -0.39 is 0 Å². The molecular formula is C90H111Cl2N17O4. The second-order valence-electron chi connectivity index (χ2n) is 29.3. The molecule has 4 N–H and O–H groups in total. The number of pyridine rings is 5. The number of hydrogen-bond acceptors (Lipinski definition) is 17. The van der Waals surface area contributed by atoms with Crippen molar-refractivity contribution in [3.05, 3.63) is 222 Å². The van der Waals surface area contributed by atoms with Crippen LogP contribution in [0.2, 0.25) is 10.0 Å². The summed E-state index contributed by atoms with van der Waals surface area (Å²) in [6, 6.07) is 57.8. The highest BCUT2D eigenvalue weighted by Crippen LogP contribution is 2.34. The number of piperazine rings is 4. The summed E-state index contributed by atoms with van der Waals surface area (Å²) in [5.74, 6) is 3.88. The lowest BCUT2D eigenvalue weighted by atomic mass is 10.1. The summed E-state index contributed by atoms with van der Waals surface area (Å²) >= 11 is 12.5. The van der Waals surface area contributed by atoms with Crippen LogP contribution in [0.25, 0.3) is 54.9 Å². The first-order valence-electron chi connectivity index (χ1n) is 40.2. The molecule has 17 rings (SSSR count). The predicted molar refractivity (Wildman–Crippen MR) is 465 cm³/mol. The van der Waals surface area contributed by atoms with E-state index in [1.165, 1.54) is 33.3 Å². The Morgan fingerprint density at radius 2 is 0.681 bits per heavy atom. The van der Waals surface area contributed by atoms with Gasteiger partial charge in [-0.15, -0.1) is 0 Å². The number of rotatable bonds is 28. The van der Waals surface area contributed by atoms with E-state index in [-0.39, 0.29) is 7.43 Å². The zero-order chi connectivity index (χ0) is 76.5. The van der Waals surface area contributed by atoms with Crippen LogP contribution in [0.4, 0.5) is 22.9 Å². The standard InChI is InChI=1S/C25H28N4O.C23H30N4O.C21H24Cl2N4O.C20H25N5O.CH4/c1-2-8-22-20(6-1)7-5-9-23(22)29-17-15-28(16-18-29)14-3-4-19-30-24-11-10-21-12-13-26-25(21)27-24;1-18-6-5-7-21(19(18)2)27-15-13-26(14-16-27)12-3-4-17-28-22-9-8-20-10-11-24-23(20)25-22;22-17-4-3-5-18(20(17)23)27-13-11-26(12-14-27)10-1-2-15-28-19-7-6-16-8-9-24-21(16)25-19;1-2-9-21-18(5-1)25-14-12-24(13-15-25)11-3-4-16-26-19-7-6-17-8-10-22-20(17)23-19;/h1-2,5-13H,3-4,14-19H2,(H,26,27);5-11H,3-4,12-17H2,1-2H3,(H,24,25);3-9H,1-2,10-15H2,(H,24,25);1-2,5-10H,3-4,11-16H2,(H,22,23);1H4. The van der Waals surface area contributed by atoms with E-state index in [4.69, 9.17) is 42.1 Å². The minimum Gasteiger partial charge on any atom is -0.478 e. The third-order valence-electron chi connectivity index (χ3n) is 21.8. The Morgan fingerprint density at radius 1 is 0.327 bits per heavy atom. The van der Waals surface area contributed by atoms with Crippen molar-refractivity contribution in [1.82, 2.24) is 64.5 Å². The van der Waals surface area contributed by atoms with E-state index in [0.717, 1.165) is 251 Å². The Kier molecular flexibility index (Phi) is 29.8. The van der Waals surface area contributed by atoms with Gasteiger partial charge in [-0.1, -0.05) is 91.3 Å². The molecule has 113 heavy (non-hydrogen) atoms. The number of benzene rings is 4. The number of H-pyrrole nitrogens is 4. The van der Waals surface area contributed by atoms with Crippen LogP contribution < -0.4 is 38.5 Å². The number of aryl methyl sites for hydroxylation is 1. The Hall–Kier alpha value is -10.1. The molecular weight excluding hydrogens is 1450 g/mol. The van der Waals surface area contributed by atoms with E-state index in [9.17, 15) is 0 Å². The Labute approximate surface area is 675 Å². The van der Waals surface area contributed by atoms with Crippen LogP contribution >= 0.6 is 23.2 Å². The SMILES string of the molecule is C.Cc1cccc(N2CCN(CCCCOc3ccc4cc[nH]c4n3)CC2)c1C.Clc1cccc(N2CCN(CCCCOc3ccc4cc[nH]c4n3)CC2)c1Cl.c1ccc(N2CCN(CCCCOc3ccc4cc[nH]c4n3)CC2)nc1.c1ccc2c(N3CCN(CCCCOc4ccc5cc[nH]c5n4)CC3)cccc2c1. The molecule has 594 valence electrons. The van der Waals surface area contributed by atoms with Crippen LogP contribution in [0.5, 0.6) is 23.5 Å². The van der Waals surface area contributed by atoms with Gasteiger partial charge in [-0.3, -0.25) is 19.6 Å². The van der Waals surface area contributed by atoms with Gasteiger partial charge in [0.1, 0.15) is 28.4 Å². The zero-order valence-electron chi connectivity index (χ0n) is 64.9. The fraction of sp³-hybridized carbons (Fsp3) is 0.389. The molecule has 0 aliphatic carbocycles. The smallest absolute Gasteiger partial charge is 0.215 e. The molecule has 0 spiro atoms. The largest absolute Gasteiger partial charge is 0.478 e. The molecule has 9 aromatic heterocycles. The van der Waals surface area contributed by atoms with Crippen molar-refractivity contribution < 1.29 is 18.9 Å². The molecule has 0 saturated carbocycles. The third kappa shape index (κ3) is 22.9. The van der Waals surface area contributed by atoms with Crippen molar-refractivity contribution in [3.63, 3.8) is 0 Å². The number of nitrogens with one attached hydrogen (secondary N) is 4. The molecule has 0 unspecified atom stereocenters. The molecule has 0 amide bonds. The first kappa shape index (κ1) is 80.9. The van der Waals surface area contributed by atoms with Crippen molar-refractivity contribution in [3.8, 4) is 23.5 Å². The maximum absolute atomic E-state index is 6.35. The maximum Gasteiger partial charge on any atom is 0.215 e. The van der Waals surface area contributed by atoms with Crippen LogP contribution in [0.15, 0.2) is 201 Å². The summed E-state index contributed by atoms with van der Waals surface area (Å²) in [4.78, 5) is 54.7. The molecule has 13 heterocycles. The molecule has 21 nitrogen and oxygen atoms in total. The van der Waals surface area contributed by atoms with Crippen LogP contribution in [0, 0.1) is 13.8 Å². The second kappa shape index (κ2) is 41.6. The number of ether oxygens (including phenoxy) is 4. The number of unbranched alkanes of at least 4 members (excludes halogenated alkanes) is 4. The average molecular weight is 1570 g/mol. The average Bonchev–Trinajstić information content (AvgIpc) is 1.81. The van der Waals surface area contributed by atoms with Crippen molar-refractivity contribution >= 4 is 101 Å². The van der Waals surface area contributed by atoms with Crippen molar-refractivity contribution in [2.75, 3.05) is 177 Å². The second-order valence-corrected chi connectivity index (χ2v) is 30.1. The summed E-state index contributed by atoms with van der Waals surface area (Å²) in [7, 11) is 0. The molecule has 4 saturated heterocycles. The van der Waals surface area contributed by atoms with Gasteiger partial charge in [0, 0.05) is 198 Å².